The number of para-hydroxylation sites is 1. The molecular weight excluding hydrogens is 470 g/mol. The smallest absolute Gasteiger partial charge is 0.0540 e. The van der Waals surface area contributed by atoms with Crippen molar-refractivity contribution in [1.82, 2.24) is 4.57 Å². The Hall–Kier alpha value is -4.88. The number of benzene rings is 5. The summed E-state index contributed by atoms with van der Waals surface area (Å²) >= 11 is 0. The van der Waals surface area contributed by atoms with Crippen molar-refractivity contribution in [1.29, 1.82) is 0 Å². The summed E-state index contributed by atoms with van der Waals surface area (Å²) in [4.78, 5) is 0. The SMILES string of the molecule is C1=CC2C=Cc3c(c4ccccc4n3-c3cccc4ccccc34)C2C=C1c1ccc(-c2ccccc2)cc1. The molecule has 1 nitrogen and oxygen atoms in total. The van der Waals surface area contributed by atoms with Gasteiger partial charge >= 0.3 is 0 Å². The van der Waals surface area contributed by atoms with Crippen LogP contribution in [-0.2, 0) is 0 Å². The van der Waals surface area contributed by atoms with E-state index in [1.807, 2.05) is 0 Å². The maximum absolute atomic E-state index is 2.49. The van der Waals surface area contributed by atoms with Crippen LogP contribution < -0.4 is 0 Å². The van der Waals surface area contributed by atoms with Crippen LogP contribution in [0.1, 0.15) is 22.7 Å². The summed E-state index contributed by atoms with van der Waals surface area (Å²) in [5, 5.41) is 3.88. The number of fused-ring (bicyclic) bond motifs is 6. The van der Waals surface area contributed by atoms with Crippen molar-refractivity contribution in [2.45, 2.75) is 5.92 Å². The van der Waals surface area contributed by atoms with Crippen LogP contribution in [0.4, 0.5) is 0 Å². The molecule has 2 aliphatic carbocycles. The van der Waals surface area contributed by atoms with Crippen LogP contribution >= 0.6 is 0 Å². The van der Waals surface area contributed by atoms with Gasteiger partial charge in [0, 0.05) is 22.6 Å². The van der Waals surface area contributed by atoms with E-state index in [2.05, 4.69) is 156 Å². The Kier molecular flexibility index (Phi) is 5.03. The second-order valence-corrected chi connectivity index (χ2v) is 10.5. The maximum Gasteiger partial charge on any atom is 0.0540 e. The molecule has 0 saturated heterocycles. The molecule has 0 radical (unpaired) electrons. The molecule has 39 heavy (non-hydrogen) atoms. The number of allylic oxidation sites excluding steroid dienone is 5. The normalized spacial score (nSPS) is 17.7. The minimum atomic E-state index is 0.292. The summed E-state index contributed by atoms with van der Waals surface area (Å²) in [5.74, 6) is 0.650. The number of hydrogen-bond acceptors (Lipinski definition) is 0. The van der Waals surface area contributed by atoms with E-state index in [9.17, 15) is 0 Å². The number of rotatable bonds is 3. The van der Waals surface area contributed by atoms with Gasteiger partial charge in [0.1, 0.15) is 0 Å². The largest absolute Gasteiger partial charge is 0.309 e. The van der Waals surface area contributed by atoms with Crippen molar-refractivity contribution >= 4 is 33.3 Å². The van der Waals surface area contributed by atoms with Gasteiger partial charge < -0.3 is 4.57 Å². The summed E-state index contributed by atoms with van der Waals surface area (Å²) in [7, 11) is 0. The molecular formula is C38H27N. The van der Waals surface area contributed by atoms with Crippen LogP contribution in [0.2, 0.25) is 0 Å². The van der Waals surface area contributed by atoms with Gasteiger partial charge in [-0.2, -0.15) is 0 Å². The molecule has 0 bridgehead atoms. The topological polar surface area (TPSA) is 4.93 Å². The van der Waals surface area contributed by atoms with E-state index < -0.39 is 0 Å². The first-order chi connectivity index (χ1) is 19.3. The Morgan fingerprint density at radius 3 is 2.05 bits per heavy atom. The van der Waals surface area contributed by atoms with Gasteiger partial charge in [-0.05, 0) is 51.4 Å². The molecule has 1 heterocycles. The minimum Gasteiger partial charge on any atom is -0.309 e. The lowest BCUT2D eigenvalue weighted by molar-refractivity contribution is 0.696. The number of hydrogen-bond donors (Lipinski definition) is 0. The van der Waals surface area contributed by atoms with Gasteiger partial charge in [-0.25, -0.2) is 0 Å². The third-order valence-electron chi connectivity index (χ3n) is 8.37. The average molecular weight is 498 g/mol. The highest BCUT2D eigenvalue weighted by Crippen LogP contribution is 2.46. The van der Waals surface area contributed by atoms with Crippen molar-refractivity contribution in [3.05, 3.63) is 162 Å². The fraction of sp³-hybridized carbons (Fsp3) is 0.0526. The van der Waals surface area contributed by atoms with Gasteiger partial charge in [-0.15, -0.1) is 0 Å². The quantitative estimate of drug-likeness (QED) is 0.229. The molecule has 1 aromatic heterocycles. The van der Waals surface area contributed by atoms with Gasteiger partial charge in [0.2, 0.25) is 0 Å². The molecule has 0 spiro atoms. The highest BCUT2D eigenvalue weighted by Gasteiger charge is 2.31. The standard InChI is InChI=1S/C38H27N/c1-2-9-26(10-3-1)27-17-19-28(20-18-27)31-22-21-30-23-24-37-38(34(30)25-31)33-14-6-7-15-36(33)39(37)35-16-8-12-29-11-4-5-13-32(29)35/h1-25,30,34H. The van der Waals surface area contributed by atoms with E-state index in [0.29, 0.717) is 11.8 Å². The van der Waals surface area contributed by atoms with Gasteiger partial charge in [0.15, 0.2) is 0 Å². The van der Waals surface area contributed by atoms with E-state index in [1.165, 1.54) is 60.9 Å². The molecule has 2 unspecified atom stereocenters. The lowest BCUT2D eigenvalue weighted by atomic mass is 9.76. The lowest BCUT2D eigenvalue weighted by Gasteiger charge is -2.28. The molecule has 1 heteroatoms. The zero-order chi connectivity index (χ0) is 25.8. The van der Waals surface area contributed by atoms with Crippen LogP contribution in [0.3, 0.4) is 0 Å². The summed E-state index contributed by atoms with van der Waals surface area (Å²) in [6.07, 6.45) is 11.9. The summed E-state index contributed by atoms with van der Waals surface area (Å²) < 4.78 is 2.47. The molecule has 6 aromatic rings. The molecule has 8 rings (SSSR count). The van der Waals surface area contributed by atoms with E-state index in [4.69, 9.17) is 0 Å². The molecule has 0 amide bonds. The highest BCUT2D eigenvalue weighted by molar-refractivity contribution is 5.97. The first-order valence-electron chi connectivity index (χ1n) is 13.7. The average Bonchev–Trinajstić information content (AvgIpc) is 3.36. The highest BCUT2D eigenvalue weighted by atomic mass is 15.0. The van der Waals surface area contributed by atoms with Gasteiger partial charge in [0.05, 0.1) is 16.9 Å². The molecule has 0 N–H and O–H groups in total. The maximum atomic E-state index is 2.49. The third-order valence-corrected chi connectivity index (χ3v) is 8.37. The second-order valence-electron chi connectivity index (χ2n) is 10.5. The van der Waals surface area contributed by atoms with Crippen molar-refractivity contribution in [3.63, 3.8) is 0 Å². The first-order valence-corrected chi connectivity index (χ1v) is 13.7. The second kappa shape index (κ2) is 8.85. The van der Waals surface area contributed by atoms with Crippen molar-refractivity contribution in [3.8, 4) is 16.8 Å². The van der Waals surface area contributed by atoms with Crippen molar-refractivity contribution in [2.24, 2.45) is 5.92 Å². The van der Waals surface area contributed by atoms with E-state index in [1.54, 1.807) is 0 Å². The molecule has 184 valence electrons. The van der Waals surface area contributed by atoms with Crippen LogP contribution in [0, 0.1) is 5.92 Å². The molecule has 2 atom stereocenters. The van der Waals surface area contributed by atoms with Gasteiger partial charge in [0.25, 0.3) is 0 Å². The Balaban J connectivity index is 1.27. The van der Waals surface area contributed by atoms with E-state index in [0.717, 1.165) is 0 Å². The van der Waals surface area contributed by atoms with Crippen LogP contribution in [0.15, 0.2) is 146 Å². The number of aromatic nitrogens is 1. The molecule has 5 aromatic carbocycles. The fourth-order valence-corrected chi connectivity index (χ4v) is 6.50. The Morgan fingerprint density at radius 1 is 0.513 bits per heavy atom. The number of nitrogens with zero attached hydrogens (tertiary/aromatic N) is 1. The Morgan fingerprint density at radius 2 is 1.18 bits per heavy atom. The Bertz CT molecular complexity index is 1940. The predicted molar refractivity (Wildman–Crippen MR) is 165 cm³/mol. The third kappa shape index (κ3) is 3.55. The zero-order valence-corrected chi connectivity index (χ0v) is 21.5. The monoisotopic (exact) mass is 497 g/mol. The van der Waals surface area contributed by atoms with Crippen LogP contribution in [-0.4, -0.2) is 4.57 Å². The van der Waals surface area contributed by atoms with Crippen LogP contribution in [0.25, 0.3) is 50.1 Å². The van der Waals surface area contributed by atoms with E-state index >= 15 is 0 Å². The summed E-state index contributed by atoms with van der Waals surface area (Å²) in [6.45, 7) is 0. The molecule has 2 aliphatic rings. The van der Waals surface area contributed by atoms with Gasteiger partial charge in [-0.3, -0.25) is 0 Å². The Labute approximate surface area is 228 Å². The van der Waals surface area contributed by atoms with Crippen molar-refractivity contribution < 1.29 is 0 Å². The van der Waals surface area contributed by atoms with Crippen molar-refractivity contribution in [2.75, 3.05) is 0 Å². The molecule has 0 fully saturated rings. The zero-order valence-electron chi connectivity index (χ0n) is 21.5. The molecule has 0 saturated carbocycles. The summed E-state index contributed by atoms with van der Waals surface area (Å²) in [6, 6.07) is 43.8. The van der Waals surface area contributed by atoms with E-state index in [-0.39, 0.29) is 0 Å². The predicted octanol–water partition coefficient (Wildman–Crippen LogP) is 9.83. The van der Waals surface area contributed by atoms with Gasteiger partial charge in [-0.1, -0.05) is 133 Å². The molecule has 0 aliphatic heterocycles. The summed E-state index contributed by atoms with van der Waals surface area (Å²) in [5.41, 5.74) is 10.3. The minimum absolute atomic E-state index is 0.292. The lowest BCUT2D eigenvalue weighted by Crippen LogP contribution is -2.15. The first kappa shape index (κ1) is 22.1. The van der Waals surface area contributed by atoms with Crippen LogP contribution in [0.5, 0.6) is 0 Å². The fourth-order valence-electron chi connectivity index (χ4n) is 6.50.